The Morgan fingerprint density at radius 2 is 1.89 bits per heavy atom. The van der Waals surface area contributed by atoms with Gasteiger partial charge in [0.2, 0.25) is 5.88 Å². The van der Waals surface area contributed by atoms with Gasteiger partial charge in [0, 0.05) is 32.0 Å². The van der Waals surface area contributed by atoms with Crippen molar-refractivity contribution in [1.29, 1.82) is 0 Å². The summed E-state index contributed by atoms with van der Waals surface area (Å²) in [5, 5.41) is 15.8. The van der Waals surface area contributed by atoms with E-state index in [4.69, 9.17) is 0 Å². The molecule has 1 rings (SSSR count). The number of pyridine rings is 1. The van der Waals surface area contributed by atoms with Gasteiger partial charge in [0.15, 0.2) is 12.6 Å². The molecule has 0 aliphatic rings. The minimum absolute atomic E-state index is 0.00394. The van der Waals surface area contributed by atoms with Crippen LogP contribution in [-0.4, -0.2) is 48.5 Å². The van der Waals surface area contributed by atoms with Crippen LogP contribution >= 0.6 is 0 Å². The minimum Gasteiger partial charge on any atom is -0.468 e. The number of rotatable bonds is 11. The lowest BCUT2D eigenvalue weighted by molar-refractivity contribution is -0.154. The van der Waals surface area contributed by atoms with Crippen LogP contribution in [0.4, 0.5) is 13.2 Å². The number of ether oxygens (including phenoxy) is 1. The first kappa shape index (κ1) is 24.0. The van der Waals surface area contributed by atoms with Crippen molar-refractivity contribution in [2.45, 2.75) is 52.8 Å². The molecule has 0 amide bonds. The summed E-state index contributed by atoms with van der Waals surface area (Å²) in [6.45, 7) is 6.67. The van der Waals surface area contributed by atoms with E-state index in [1.54, 1.807) is 6.07 Å². The molecule has 0 aliphatic heterocycles. The monoisotopic (exact) mass is 404 g/mol. The fourth-order valence-corrected chi connectivity index (χ4v) is 2.71. The van der Waals surface area contributed by atoms with Gasteiger partial charge in [-0.1, -0.05) is 19.9 Å². The first-order valence-corrected chi connectivity index (χ1v) is 9.55. The average molecular weight is 404 g/mol. The Labute approximate surface area is 164 Å². The fourth-order valence-electron chi connectivity index (χ4n) is 2.71. The van der Waals surface area contributed by atoms with Crippen LogP contribution in [0.3, 0.4) is 0 Å². The third-order valence-corrected chi connectivity index (χ3v) is 4.72. The molecule has 0 spiro atoms. The molecule has 0 radical (unpaired) electrons. The Bertz CT molecular complexity index is 588. The van der Waals surface area contributed by atoms with Crippen LogP contribution < -0.4 is 15.4 Å². The number of nitrogens with zero attached hydrogens (tertiary/aromatic N) is 2. The molecule has 1 aromatic rings. The second-order valence-electron chi connectivity index (χ2n) is 6.64. The van der Waals surface area contributed by atoms with Crippen molar-refractivity contribution in [1.82, 2.24) is 15.6 Å². The van der Waals surface area contributed by atoms with E-state index < -0.39 is 12.8 Å². The first-order chi connectivity index (χ1) is 13.3. The topological polar surface area (TPSA) is 78.8 Å². The first-order valence-electron chi connectivity index (χ1n) is 9.55. The summed E-state index contributed by atoms with van der Waals surface area (Å²) >= 11 is 0. The Morgan fingerprint density at radius 1 is 1.18 bits per heavy atom. The van der Waals surface area contributed by atoms with E-state index >= 15 is 0 Å². The van der Waals surface area contributed by atoms with E-state index in [0.717, 1.165) is 24.8 Å². The molecule has 0 saturated heterocycles. The molecule has 0 atom stereocenters. The van der Waals surface area contributed by atoms with Gasteiger partial charge in [-0.15, -0.1) is 0 Å². The van der Waals surface area contributed by atoms with E-state index in [2.05, 4.69) is 39.2 Å². The molecule has 0 aromatic carbocycles. The highest BCUT2D eigenvalue weighted by atomic mass is 19.4. The molecule has 0 unspecified atom stereocenters. The molecule has 0 bridgehead atoms. The summed E-state index contributed by atoms with van der Waals surface area (Å²) in [7, 11) is 0. The number of nitrogens with one attached hydrogen (secondary N) is 2. The lowest BCUT2D eigenvalue weighted by Gasteiger charge is -2.32. The SMILES string of the molecule is CCNC(=NCc1ccc(OCC(F)(F)F)nc1)NCC(CC)(CC)CCO. The zero-order chi connectivity index (χ0) is 21.0. The van der Waals surface area contributed by atoms with Gasteiger partial charge in [-0.25, -0.2) is 9.98 Å². The molecular weight excluding hydrogens is 373 g/mol. The number of guanidine groups is 1. The zero-order valence-electron chi connectivity index (χ0n) is 16.8. The normalized spacial score (nSPS) is 12.8. The summed E-state index contributed by atoms with van der Waals surface area (Å²) < 4.78 is 41.1. The number of halogens is 3. The molecule has 0 fully saturated rings. The van der Waals surface area contributed by atoms with Crippen LogP contribution in [0.1, 0.15) is 45.6 Å². The highest BCUT2D eigenvalue weighted by Gasteiger charge is 2.28. The largest absolute Gasteiger partial charge is 0.468 e. The third kappa shape index (κ3) is 8.77. The standard InChI is InChI=1S/C19H31F3N4O2/c1-4-18(5-2,9-10-27)13-26-17(23-6-3)25-12-15-7-8-16(24-11-15)28-14-19(20,21)22/h7-8,11,27H,4-6,9-10,12-14H2,1-3H3,(H2,23,25,26). The van der Waals surface area contributed by atoms with Crippen LogP contribution in [0.25, 0.3) is 0 Å². The minimum atomic E-state index is -4.39. The Kier molecular flexibility index (Phi) is 10.1. The van der Waals surface area contributed by atoms with E-state index in [0.29, 0.717) is 25.6 Å². The third-order valence-electron chi connectivity index (χ3n) is 4.72. The van der Waals surface area contributed by atoms with Crippen molar-refractivity contribution in [3.05, 3.63) is 23.9 Å². The number of hydrogen-bond donors (Lipinski definition) is 3. The molecular formula is C19H31F3N4O2. The van der Waals surface area contributed by atoms with E-state index in [-0.39, 0.29) is 17.9 Å². The van der Waals surface area contributed by atoms with Crippen molar-refractivity contribution >= 4 is 5.96 Å². The van der Waals surface area contributed by atoms with Crippen LogP contribution in [0, 0.1) is 5.41 Å². The summed E-state index contributed by atoms with van der Waals surface area (Å²) in [4.78, 5) is 8.38. The summed E-state index contributed by atoms with van der Waals surface area (Å²) in [5.74, 6) is 0.568. The van der Waals surface area contributed by atoms with Gasteiger partial charge in [0.25, 0.3) is 0 Å². The predicted octanol–water partition coefficient (Wildman–Crippen LogP) is 3.27. The lowest BCUT2D eigenvalue weighted by atomic mass is 9.79. The van der Waals surface area contributed by atoms with Gasteiger partial charge in [-0.3, -0.25) is 0 Å². The number of aromatic nitrogens is 1. The summed E-state index contributed by atoms with van der Waals surface area (Å²) in [6.07, 6.45) is -0.332. The van der Waals surface area contributed by atoms with Gasteiger partial charge >= 0.3 is 6.18 Å². The maximum Gasteiger partial charge on any atom is 0.422 e. The van der Waals surface area contributed by atoms with Gasteiger partial charge in [0.05, 0.1) is 6.54 Å². The number of hydrogen-bond acceptors (Lipinski definition) is 4. The van der Waals surface area contributed by atoms with E-state index in [9.17, 15) is 18.3 Å². The van der Waals surface area contributed by atoms with Crippen LogP contribution in [0.15, 0.2) is 23.3 Å². The summed E-state index contributed by atoms with van der Waals surface area (Å²) in [6, 6.07) is 3.04. The quantitative estimate of drug-likeness (QED) is 0.390. The highest BCUT2D eigenvalue weighted by molar-refractivity contribution is 5.79. The number of aliphatic hydroxyl groups is 1. The lowest BCUT2D eigenvalue weighted by Crippen LogP contribution is -2.43. The Balaban J connectivity index is 2.68. The van der Waals surface area contributed by atoms with Crippen molar-refractivity contribution in [3.63, 3.8) is 0 Å². The molecule has 160 valence electrons. The molecule has 0 aliphatic carbocycles. The van der Waals surface area contributed by atoms with Gasteiger partial charge in [-0.05, 0) is 37.2 Å². The molecule has 1 heterocycles. The maximum absolute atomic E-state index is 12.2. The molecule has 28 heavy (non-hydrogen) atoms. The number of alkyl halides is 3. The van der Waals surface area contributed by atoms with Gasteiger partial charge < -0.3 is 20.5 Å². The highest BCUT2D eigenvalue weighted by Crippen LogP contribution is 2.29. The Hall–Kier alpha value is -2.03. The van der Waals surface area contributed by atoms with Crippen molar-refractivity contribution < 1.29 is 23.0 Å². The second kappa shape index (κ2) is 11.7. The molecule has 1 aromatic heterocycles. The van der Waals surface area contributed by atoms with Crippen molar-refractivity contribution in [3.8, 4) is 5.88 Å². The van der Waals surface area contributed by atoms with Crippen molar-refractivity contribution in [2.75, 3.05) is 26.3 Å². The van der Waals surface area contributed by atoms with Crippen LogP contribution in [0.2, 0.25) is 0 Å². The number of aliphatic hydroxyl groups excluding tert-OH is 1. The Morgan fingerprint density at radius 3 is 2.39 bits per heavy atom. The number of aliphatic imine (C=N–C) groups is 1. The zero-order valence-corrected chi connectivity index (χ0v) is 16.8. The van der Waals surface area contributed by atoms with Gasteiger partial charge in [-0.2, -0.15) is 13.2 Å². The fraction of sp³-hybridized carbons (Fsp3) is 0.684. The predicted molar refractivity (Wildman–Crippen MR) is 103 cm³/mol. The molecule has 0 saturated carbocycles. The maximum atomic E-state index is 12.2. The smallest absolute Gasteiger partial charge is 0.422 e. The van der Waals surface area contributed by atoms with Crippen LogP contribution in [0.5, 0.6) is 5.88 Å². The van der Waals surface area contributed by atoms with E-state index in [1.807, 2.05) is 6.92 Å². The molecule has 3 N–H and O–H groups in total. The van der Waals surface area contributed by atoms with Crippen molar-refractivity contribution in [2.24, 2.45) is 10.4 Å². The summed E-state index contributed by atoms with van der Waals surface area (Å²) in [5.41, 5.74) is 0.758. The van der Waals surface area contributed by atoms with Gasteiger partial charge in [0.1, 0.15) is 0 Å². The van der Waals surface area contributed by atoms with Crippen LogP contribution in [-0.2, 0) is 6.54 Å². The average Bonchev–Trinajstić information content (AvgIpc) is 2.67. The second-order valence-corrected chi connectivity index (χ2v) is 6.64. The van der Waals surface area contributed by atoms with E-state index in [1.165, 1.54) is 12.3 Å². The molecule has 9 heteroatoms. The molecule has 6 nitrogen and oxygen atoms in total.